The third kappa shape index (κ3) is 2.22. The first-order valence-corrected chi connectivity index (χ1v) is 3.90. The predicted molar refractivity (Wildman–Crippen MR) is 45.9 cm³/mol. The van der Waals surface area contributed by atoms with E-state index < -0.39 is 0 Å². The largest absolute Gasteiger partial charge is 0.103 e. The van der Waals surface area contributed by atoms with E-state index in [4.69, 9.17) is 0 Å². The fourth-order valence-electron chi connectivity index (χ4n) is 1.16. The van der Waals surface area contributed by atoms with Crippen molar-refractivity contribution in [2.45, 2.75) is 25.7 Å². The standard InChI is InChI=1S/C10H14/c1-2-3-4-7-10-8-5-6-9-10/h2,4,7-8H,1,3,5-6,9H2. The van der Waals surface area contributed by atoms with Crippen molar-refractivity contribution in [2.24, 2.45) is 0 Å². The van der Waals surface area contributed by atoms with Crippen LogP contribution >= 0.6 is 0 Å². The molecule has 0 aliphatic heterocycles. The second kappa shape index (κ2) is 4.10. The van der Waals surface area contributed by atoms with Crippen LogP contribution in [0.25, 0.3) is 0 Å². The van der Waals surface area contributed by atoms with E-state index in [0.29, 0.717) is 0 Å². The normalized spacial score (nSPS) is 17.8. The van der Waals surface area contributed by atoms with Crippen LogP contribution in [-0.4, -0.2) is 0 Å². The van der Waals surface area contributed by atoms with Crippen molar-refractivity contribution >= 4 is 0 Å². The van der Waals surface area contributed by atoms with Crippen LogP contribution in [0.1, 0.15) is 25.7 Å². The molecule has 1 aliphatic carbocycles. The highest BCUT2D eigenvalue weighted by atomic mass is 14.0. The lowest BCUT2D eigenvalue weighted by molar-refractivity contribution is 0.916. The van der Waals surface area contributed by atoms with Crippen LogP contribution in [0.4, 0.5) is 0 Å². The monoisotopic (exact) mass is 134 g/mol. The molecule has 0 aromatic heterocycles. The van der Waals surface area contributed by atoms with E-state index in [9.17, 15) is 0 Å². The minimum Gasteiger partial charge on any atom is -0.103 e. The fourth-order valence-corrected chi connectivity index (χ4v) is 1.16. The van der Waals surface area contributed by atoms with E-state index in [1.807, 2.05) is 6.08 Å². The number of hydrogen-bond donors (Lipinski definition) is 0. The van der Waals surface area contributed by atoms with Gasteiger partial charge in [-0.1, -0.05) is 29.9 Å². The highest BCUT2D eigenvalue weighted by molar-refractivity contribution is 5.22. The predicted octanol–water partition coefficient (Wildman–Crippen LogP) is 3.23. The molecular formula is C10H14. The van der Waals surface area contributed by atoms with Gasteiger partial charge in [0, 0.05) is 0 Å². The Morgan fingerprint density at radius 2 is 2.50 bits per heavy atom. The molecule has 0 aromatic carbocycles. The maximum absolute atomic E-state index is 3.65. The van der Waals surface area contributed by atoms with Crippen LogP contribution in [0.3, 0.4) is 0 Å². The lowest BCUT2D eigenvalue weighted by atomic mass is 10.2. The zero-order valence-electron chi connectivity index (χ0n) is 6.34. The van der Waals surface area contributed by atoms with Gasteiger partial charge in [-0.25, -0.2) is 0 Å². The maximum Gasteiger partial charge on any atom is -0.0169 e. The molecule has 0 atom stereocenters. The van der Waals surface area contributed by atoms with Crippen molar-refractivity contribution in [1.82, 2.24) is 0 Å². The number of allylic oxidation sites excluding steroid dienone is 5. The van der Waals surface area contributed by atoms with Gasteiger partial charge in [-0.3, -0.25) is 0 Å². The molecule has 54 valence electrons. The molecule has 0 nitrogen and oxygen atoms in total. The Bertz CT molecular complexity index is 161. The van der Waals surface area contributed by atoms with E-state index in [-0.39, 0.29) is 0 Å². The summed E-state index contributed by atoms with van der Waals surface area (Å²) in [6.45, 7) is 3.65. The van der Waals surface area contributed by atoms with Gasteiger partial charge in [0.25, 0.3) is 0 Å². The van der Waals surface area contributed by atoms with E-state index >= 15 is 0 Å². The van der Waals surface area contributed by atoms with Crippen LogP contribution in [0.15, 0.2) is 36.5 Å². The molecule has 0 saturated carbocycles. The van der Waals surface area contributed by atoms with Crippen LogP contribution in [0, 0.1) is 0 Å². The van der Waals surface area contributed by atoms with Gasteiger partial charge < -0.3 is 0 Å². The molecule has 1 rings (SSSR count). The second-order valence-corrected chi connectivity index (χ2v) is 2.60. The van der Waals surface area contributed by atoms with Crippen molar-refractivity contribution < 1.29 is 0 Å². The van der Waals surface area contributed by atoms with Crippen molar-refractivity contribution in [3.8, 4) is 0 Å². The average molecular weight is 134 g/mol. The Labute approximate surface area is 62.9 Å². The minimum atomic E-state index is 0.997. The zero-order valence-corrected chi connectivity index (χ0v) is 6.34. The molecule has 0 saturated heterocycles. The van der Waals surface area contributed by atoms with Gasteiger partial charge >= 0.3 is 0 Å². The Morgan fingerprint density at radius 1 is 1.60 bits per heavy atom. The molecule has 0 bridgehead atoms. The molecule has 0 aromatic rings. The van der Waals surface area contributed by atoms with Crippen LogP contribution < -0.4 is 0 Å². The first kappa shape index (κ1) is 7.33. The van der Waals surface area contributed by atoms with Gasteiger partial charge in [0.2, 0.25) is 0 Å². The van der Waals surface area contributed by atoms with Crippen LogP contribution in [0.5, 0.6) is 0 Å². The van der Waals surface area contributed by atoms with Crippen molar-refractivity contribution in [1.29, 1.82) is 0 Å². The fraction of sp³-hybridized carbons (Fsp3) is 0.400. The smallest absolute Gasteiger partial charge is 0.0169 e. The number of hydrogen-bond acceptors (Lipinski definition) is 0. The quantitative estimate of drug-likeness (QED) is 0.520. The lowest BCUT2D eigenvalue weighted by Gasteiger charge is -1.87. The molecule has 0 spiro atoms. The number of rotatable bonds is 3. The van der Waals surface area contributed by atoms with Gasteiger partial charge in [-0.05, 0) is 25.7 Å². The highest BCUT2D eigenvalue weighted by Crippen LogP contribution is 2.18. The van der Waals surface area contributed by atoms with E-state index in [1.54, 1.807) is 0 Å². The molecular weight excluding hydrogens is 120 g/mol. The topological polar surface area (TPSA) is 0 Å². The third-order valence-electron chi connectivity index (χ3n) is 1.71. The van der Waals surface area contributed by atoms with Crippen LogP contribution in [-0.2, 0) is 0 Å². The van der Waals surface area contributed by atoms with Gasteiger partial charge in [0.1, 0.15) is 0 Å². The summed E-state index contributed by atoms with van der Waals surface area (Å²) in [5.74, 6) is 0. The molecule has 10 heavy (non-hydrogen) atoms. The summed E-state index contributed by atoms with van der Waals surface area (Å²) in [5.41, 5.74) is 1.50. The summed E-state index contributed by atoms with van der Waals surface area (Å²) in [7, 11) is 0. The summed E-state index contributed by atoms with van der Waals surface area (Å²) in [6.07, 6.45) is 13.5. The molecule has 0 heterocycles. The van der Waals surface area contributed by atoms with Crippen molar-refractivity contribution in [3.05, 3.63) is 36.5 Å². The molecule has 1 aliphatic rings. The Kier molecular flexibility index (Phi) is 3.01. The average Bonchev–Trinajstić information content (AvgIpc) is 2.41. The molecule has 0 amide bonds. The molecule has 0 unspecified atom stereocenters. The SMILES string of the molecule is C=CCC=CC1=CCCC1. The van der Waals surface area contributed by atoms with E-state index in [2.05, 4.69) is 24.8 Å². The maximum atomic E-state index is 3.65. The van der Waals surface area contributed by atoms with Gasteiger partial charge in [-0.15, -0.1) is 6.58 Å². The molecule has 0 N–H and O–H groups in total. The summed E-state index contributed by atoms with van der Waals surface area (Å²) in [6, 6.07) is 0. The minimum absolute atomic E-state index is 0.997. The van der Waals surface area contributed by atoms with E-state index in [0.717, 1.165) is 6.42 Å². The summed E-state index contributed by atoms with van der Waals surface area (Å²) < 4.78 is 0. The second-order valence-electron chi connectivity index (χ2n) is 2.60. The van der Waals surface area contributed by atoms with Gasteiger partial charge in [0.05, 0.1) is 0 Å². The zero-order chi connectivity index (χ0) is 7.23. The molecule has 0 radical (unpaired) electrons. The first-order chi connectivity index (χ1) is 4.93. The first-order valence-electron chi connectivity index (χ1n) is 3.90. The Morgan fingerprint density at radius 3 is 3.10 bits per heavy atom. The summed E-state index contributed by atoms with van der Waals surface area (Å²) >= 11 is 0. The van der Waals surface area contributed by atoms with Crippen molar-refractivity contribution in [3.63, 3.8) is 0 Å². The third-order valence-corrected chi connectivity index (χ3v) is 1.71. The lowest BCUT2D eigenvalue weighted by Crippen LogP contribution is -1.67. The van der Waals surface area contributed by atoms with Crippen molar-refractivity contribution in [2.75, 3.05) is 0 Å². The summed E-state index contributed by atoms with van der Waals surface area (Å²) in [4.78, 5) is 0. The summed E-state index contributed by atoms with van der Waals surface area (Å²) in [5, 5.41) is 0. The van der Waals surface area contributed by atoms with Gasteiger partial charge in [0.15, 0.2) is 0 Å². The Hall–Kier alpha value is -0.780. The Balaban J connectivity index is 2.29. The highest BCUT2D eigenvalue weighted by Gasteiger charge is 1.98. The van der Waals surface area contributed by atoms with E-state index in [1.165, 1.54) is 24.8 Å². The molecule has 0 heteroatoms. The van der Waals surface area contributed by atoms with Gasteiger partial charge in [-0.2, -0.15) is 0 Å². The van der Waals surface area contributed by atoms with Crippen LogP contribution in [0.2, 0.25) is 0 Å². The molecule has 0 fully saturated rings.